The molecule has 8 aromatic heterocycles. The van der Waals surface area contributed by atoms with Gasteiger partial charge in [0.25, 0.3) is 23.6 Å². The van der Waals surface area contributed by atoms with Crippen molar-refractivity contribution in [3.8, 4) is 0 Å². The van der Waals surface area contributed by atoms with Gasteiger partial charge in [0.05, 0.1) is 82.0 Å². The number of aryl methyl sites for hydroxylation is 4. The number of aromatic nitrogens is 12. The molecule has 10 aliphatic heterocycles. The molecule has 10 fully saturated rings. The van der Waals surface area contributed by atoms with E-state index in [0.29, 0.717) is 46.8 Å². The van der Waals surface area contributed by atoms with Crippen LogP contribution < -0.4 is 38.8 Å². The SMILES string of the molecule is C[C@@H]1CCCN(c2cc(N3CCC3)nc3cc([C@@H]4CCCCN4C(=O)c4cc(Cl)ccc4NS(C)(=O)=O)nn23)C1.C[C@H]1CCCN(c2cc(N3CCC3)nc3cc([C@@H]4CCCCN4C(=O)c4cc(Cl)ccc4NS(C)(=O)=O)nn23)C1.Cc1cccc(C(=O)N2CCCC[C@H]2c2cc3nc(N4CC[C@H](C)C4)c(C)cn3n2)c1.Cc1ccccc1C(=O)N1CCCC[C@H]1c1cc2nc(N3CC[C@H](C)C3)c(C)cn2n1. The van der Waals surface area contributed by atoms with Gasteiger partial charge in [-0.3, -0.25) is 28.6 Å². The molecule has 10 aliphatic rings. The number of hydrogen-bond donors (Lipinski definition) is 2. The molecule has 10 saturated heterocycles. The molecule has 0 radical (unpaired) electrons. The summed E-state index contributed by atoms with van der Waals surface area (Å²) in [6, 6.07) is 37.0. The summed E-state index contributed by atoms with van der Waals surface area (Å²) in [6.07, 6.45) is 27.2. The van der Waals surface area contributed by atoms with Gasteiger partial charge < -0.3 is 49.0 Å². The fourth-order valence-electron chi connectivity index (χ4n) is 22.3. The van der Waals surface area contributed by atoms with Crippen LogP contribution in [0.5, 0.6) is 0 Å². The molecule has 0 aliphatic carbocycles. The zero-order valence-electron chi connectivity index (χ0n) is 83.5. The predicted molar refractivity (Wildman–Crippen MR) is 561 cm³/mol. The molecule has 4 aromatic carbocycles. The van der Waals surface area contributed by atoms with E-state index in [4.69, 9.17) is 63.5 Å². The minimum atomic E-state index is -3.58. The van der Waals surface area contributed by atoms with Crippen LogP contribution in [0.25, 0.3) is 22.6 Å². The number of nitrogens with one attached hydrogen (secondary N) is 2. The van der Waals surface area contributed by atoms with Gasteiger partial charge in [0, 0.05) is 186 Å². The van der Waals surface area contributed by atoms with Crippen LogP contribution in [0.3, 0.4) is 0 Å². The Balaban J connectivity index is 0.000000121. The summed E-state index contributed by atoms with van der Waals surface area (Å²) < 4.78 is 60.7. The van der Waals surface area contributed by atoms with Crippen LogP contribution in [0.1, 0.15) is 267 Å². The van der Waals surface area contributed by atoms with Crippen molar-refractivity contribution in [2.24, 2.45) is 23.7 Å². The van der Waals surface area contributed by atoms with Crippen LogP contribution >= 0.6 is 23.2 Å². The highest BCUT2D eigenvalue weighted by Gasteiger charge is 2.40. The van der Waals surface area contributed by atoms with E-state index in [1.54, 1.807) is 12.1 Å². The quantitative estimate of drug-likeness (QED) is 0.0806. The van der Waals surface area contributed by atoms with Gasteiger partial charge in [0.1, 0.15) is 34.9 Å². The molecule has 752 valence electrons. The Morgan fingerprint density at radius 1 is 0.338 bits per heavy atom. The first kappa shape index (κ1) is 98.9. The second-order valence-corrected chi connectivity index (χ2v) is 45.8. The molecule has 0 saturated carbocycles. The predicted octanol–water partition coefficient (Wildman–Crippen LogP) is 18.3. The van der Waals surface area contributed by atoms with Crippen LogP contribution in [-0.4, -0.2) is 236 Å². The summed E-state index contributed by atoms with van der Waals surface area (Å²) in [4.78, 5) is 96.4. The Bertz CT molecular complexity index is 6710. The number of likely N-dealkylation sites (tertiary alicyclic amines) is 4. The zero-order chi connectivity index (χ0) is 99.1. The number of halogens is 2. The van der Waals surface area contributed by atoms with Crippen LogP contribution in [0, 0.1) is 51.4 Å². The van der Waals surface area contributed by atoms with Crippen molar-refractivity contribution in [2.45, 2.75) is 208 Å². The van der Waals surface area contributed by atoms with E-state index in [2.05, 4.69) is 117 Å². The first-order valence-corrected chi connectivity index (χ1v) is 55.8. The third-order valence-corrected chi connectivity index (χ3v) is 31.6. The van der Waals surface area contributed by atoms with Gasteiger partial charge in [-0.2, -0.15) is 29.4 Å². The maximum absolute atomic E-state index is 14.0. The minimum absolute atomic E-state index is 0.000901. The molecular formula is C106H134Cl2N24O8S2. The van der Waals surface area contributed by atoms with Crippen LogP contribution in [0.2, 0.25) is 10.0 Å². The topological polar surface area (TPSA) is 314 Å². The lowest BCUT2D eigenvalue weighted by atomic mass is 9.97. The average molecular weight is 2010 g/mol. The maximum atomic E-state index is 14.0. The van der Waals surface area contributed by atoms with Gasteiger partial charge in [-0.25, -0.2) is 45.8 Å². The second kappa shape index (κ2) is 42.2. The van der Waals surface area contributed by atoms with E-state index in [1.165, 1.54) is 62.8 Å². The van der Waals surface area contributed by atoms with E-state index in [0.717, 1.165) is 308 Å². The summed E-state index contributed by atoms with van der Waals surface area (Å²) in [5.41, 5.74) is 13.7. The highest BCUT2D eigenvalue weighted by atomic mass is 35.5. The molecule has 0 unspecified atom stereocenters. The largest absolute Gasteiger partial charge is 0.356 e. The number of carbonyl (C=O) groups is 4. The standard InChI is InChI=1S/2C28H36ClN7O3S.2C25H31N5O/c2*1-19-7-5-11-34(18-19)27-17-25(33-12-6-13-33)30-26-16-23(31-36(26)27)24-8-3-4-14-35(24)28(37)21-15-20(29)9-10-22(21)32-40(2,38)39;1-17-7-6-8-20(13-17)25(31)29-11-5-4-9-22(29)21-14-23-26-24(19(3)16-30(23)27-21)28-12-10-18(2)15-28;1-17-11-13-28(15-17)24-19(3)16-30-23(26-24)14-21(27-30)22-10-6-7-12-29(22)25(31)20-9-5-4-8-18(20)2/h2*9-10,15-17,19,24,32H,3-8,11-14,18H2,1-2H3;6-8,13-14,16,18,22H,4-5,9-12,15H2,1-3H3;4-5,8-9,14,16-17,22H,6-7,10-13,15H2,1-3H3/t19-,24+;19-,24-;18-,22-;17-,22-/m1000/s1. The molecule has 4 amide bonds. The summed E-state index contributed by atoms with van der Waals surface area (Å²) in [5, 5.41) is 20.6. The monoisotopic (exact) mass is 2000 g/mol. The third kappa shape index (κ3) is 21.9. The lowest BCUT2D eigenvalue weighted by Gasteiger charge is -2.36. The number of hydrogen-bond acceptors (Lipinski definition) is 22. The number of sulfonamides is 2. The van der Waals surface area contributed by atoms with E-state index < -0.39 is 20.0 Å². The lowest BCUT2D eigenvalue weighted by molar-refractivity contribution is 0.0598. The zero-order valence-corrected chi connectivity index (χ0v) is 86.6. The van der Waals surface area contributed by atoms with E-state index in [-0.39, 0.29) is 70.3 Å². The van der Waals surface area contributed by atoms with Gasteiger partial charge in [0.2, 0.25) is 20.0 Å². The molecule has 36 heteroatoms. The number of piperidine rings is 6. The summed E-state index contributed by atoms with van der Waals surface area (Å²) in [6.45, 7) is 32.3. The smallest absolute Gasteiger partial charge is 0.256 e. The molecular weight excluding hydrogens is 1870 g/mol. The van der Waals surface area contributed by atoms with Gasteiger partial charge in [-0.1, -0.05) is 86.8 Å². The summed E-state index contributed by atoms with van der Waals surface area (Å²) >= 11 is 12.5. The van der Waals surface area contributed by atoms with Gasteiger partial charge in [-0.05, 0) is 240 Å². The Kier molecular flexibility index (Phi) is 29.4. The number of amides is 4. The van der Waals surface area contributed by atoms with Crippen LogP contribution in [0.4, 0.5) is 46.3 Å². The Labute approximate surface area is 843 Å². The minimum Gasteiger partial charge on any atom is -0.356 e. The van der Waals surface area contributed by atoms with E-state index in [1.807, 2.05) is 112 Å². The van der Waals surface area contributed by atoms with Gasteiger partial charge >= 0.3 is 0 Å². The molecule has 22 rings (SSSR count). The van der Waals surface area contributed by atoms with Crippen LogP contribution in [-0.2, 0) is 20.0 Å². The highest BCUT2D eigenvalue weighted by Crippen LogP contribution is 2.43. The average Bonchev–Trinajstić information content (AvgIpc) is 1.67. The molecule has 142 heavy (non-hydrogen) atoms. The van der Waals surface area contributed by atoms with Crippen molar-refractivity contribution in [1.82, 2.24) is 78.0 Å². The van der Waals surface area contributed by atoms with Crippen molar-refractivity contribution < 1.29 is 36.0 Å². The summed E-state index contributed by atoms with van der Waals surface area (Å²) in [5.74, 6) is 8.50. The van der Waals surface area contributed by atoms with Gasteiger partial charge in [0.15, 0.2) is 22.6 Å². The molecule has 18 heterocycles. The molecule has 0 bridgehead atoms. The second-order valence-electron chi connectivity index (χ2n) is 41.5. The van der Waals surface area contributed by atoms with Crippen molar-refractivity contribution in [1.29, 1.82) is 0 Å². The molecule has 0 spiro atoms. The first-order valence-electron chi connectivity index (χ1n) is 51.3. The number of anilines is 8. The van der Waals surface area contributed by atoms with Crippen LogP contribution in [0.15, 0.2) is 134 Å². The van der Waals surface area contributed by atoms with Crippen molar-refractivity contribution in [2.75, 3.05) is 156 Å². The van der Waals surface area contributed by atoms with Gasteiger partial charge in [-0.15, -0.1) is 0 Å². The molecule has 2 N–H and O–H groups in total. The molecule has 12 aromatic rings. The highest BCUT2D eigenvalue weighted by molar-refractivity contribution is 7.92. The Hall–Kier alpha value is -11.9. The number of nitrogens with zero attached hydrogens (tertiary/aromatic N) is 22. The summed E-state index contributed by atoms with van der Waals surface area (Å²) in [7, 11) is -7.17. The number of rotatable bonds is 18. The van der Waals surface area contributed by atoms with Crippen molar-refractivity contribution >= 4 is 136 Å². The van der Waals surface area contributed by atoms with Crippen molar-refractivity contribution in [3.63, 3.8) is 0 Å². The fraction of sp³-hybridized carbons (Fsp3) is 0.509. The molecule has 32 nitrogen and oxygen atoms in total. The number of carbonyl (C=O) groups excluding carboxylic acids is 4. The number of benzene rings is 4. The first-order chi connectivity index (χ1) is 68.3. The Morgan fingerprint density at radius 2 is 0.718 bits per heavy atom. The third-order valence-electron chi connectivity index (χ3n) is 29.9. The van der Waals surface area contributed by atoms with Crippen molar-refractivity contribution in [3.05, 3.63) is 211 Å². The molecule has 8 atom stereocenters. The fourth-order valence-corrected chi connectivity index (χ4v) is 23.8. The Morgan fingerprint density at radius 3 is 1.10 bits per heavy atom. The maximum Gasteiger partial charge on any atom is 0.256 e. The van der Waals surface area contributed by atoms with E-state index in [9.17, 15) is 36.0 Å². The lowest BCUT2D eigenvalue weighted by Crippen LogP contribution is -2.39. The normalized spacial score (nSPS) is 21.9. The van der Waals surface area contributed by atoms with E-state index >= 15 is 0 Å². The number of fused-ring (bicyclic) bond motifs is 4.